The van der Waals surface area contributed by atoms with Crippen LogP contribution in [-0.2, 0) is 0 Å². The zero-order valence-electron chi connectivity index (χ0n) is 19.0. The van der Waals surface area contributed by atoms with Crippen LogP contribution < -0.4 is 15.8 Å². The molecule has 4 N–H and O–H groups in total. The number of piperidine rings is 1. The number of nitrogen functional groups attached to an aromatic ring is 1. The summed E-state index contributed by atoms with van der Waals surface area (Å²) in [5.74, 6) is 0.909. The minimum absolute atomic E-state index is 0.114. The number of hydrogen-bond donors (Lipinski definition) is 3. The van der Waals surface area contributed by atoms with Crippen LogP contribution in [0.25, 0.3) is 0 Å². The van der Waals surface area contributed by atoms with E-state index < -0.39 is 0 Å². The molecule has 0 saturated carbocycles. The van der Waals surface area contributed by atoms with Crippen molar-refractivity contribution >= 4 is 29.0 Å². The third kappa shape index (κ3) is 7.11. The van der Waals surface area contributed by atoms with Crippen molar-refractivity contribution in [3.8, 4) is 11.5 Å². The molecule has 8 heteroatoms. The highest BCUT2D eigenvalue weighted by molar-refractivity contribution is 6.33. The standard InChI is InChI=1S/C25H32ClN3O4/c1-33-24-15-22(27)21(26)14-20(24)25(32)28-16-17-9-12-29(13-10-17)11-3-2-4-23(31)18-5-7-19(30)8-6-18/h5-8,14-15,17,30H,2-4,9-13,16,27H2,1H3,(H,28,32). The molecule has 0 aliphatic carbocycles. The maximum absolute atomic E-state index is 12.6. The number of aromatic hydroxyl groups is 1. The van der Waals surface area contributed by atoms with Crippen molar-refractivity contribution in [3.05, 3.63) is 52.5 Å². The van der Waals surface area contributed by atoms with Crippen molar-refractivity contribution in [2.75, 3.05) is 39.0 Å². The lowest BCUT2D eigenvalue weighted by Gasteiger charge is -2.32. The summed E-state index contributed by atoms with van der Waals surface area (Å²) in [6.45, 7) is 3.56. The number of anilines is 1. The van der Waals surface area contributed by atoms with Gasteiger partial charge in [-0.1, -0.05) is 11.6 Å². The van der Waals surface area contributed by atoms with E-state index in [4.69, 9.17) is 22.1 Å². The predicted octanol–water partition coefficient (Wildman–Crippen LogP) is 4.13. The van der Waals surface area contributed by atoms with E-state index >= 15 is 0 Å². The third-order valence-corrected chi connectivity index (χ3v) is 6.47. The zero-order valence-corrected chi connectivity index (χ0v) is 19.7. The number of methoxy groups -OCH3 is 1. The van der Waals surface area contributed by atoms with Gasteiger partial charge in [-0.15, -0.1) is 0 Å². The Hall–Kier alpha value is -2.77. The first-order valence-corrected chi connectivity index (χ1v) is 11.7. The second-order valence-corrected chi connectivity index (χ2v) is 8.90. The summed E-state index contributed by atoms with van der Waals surface area (Å²) in [4.78, 5) is 27.2. The van der Waals surface area contributed by atoms with Gasteiger partial charge in [0.15, 0.2) is 5.78 Å². The fourth-order valence-corrected chi connectivity index (χ4v) is 4.24. The smallest absolute Gasteiger partial charge is 0.255 e. The molecule has 1 saturated heterocycles. The molecule has 1 amide bonds. The SMILES string of the molecule is COc1cc(N)c(Cl)cc1C(=O)NCC1CCN(CCCCC(=O)c2ccc(O)cc2)CC1. The van der Waals surface area contributed by atoms with Crippen LogP contribution in [0, 0.1) is 5.92 Å². The number of nitrogens with one attached hydrogen (secondary N) is 1. The van der Waals surface area contributed by atoms with Gasteiger partial charge in [-0.25, -0.2) is 0 Å². The number of benzene rings is 2. The number of halogens is 1. The Bertz CT molecular complexity index is 957. The van der Waals surface area contributed by atoms with E-state index in [1.165, 1.54) is 7.11 Å². The molecule has 0 radical (unpaired) electrons. The Balaban J connectivity index is 1.34. The van der Waals surface area contributed by atoms with Crippen molar-refractivity contribution in [1.29, 1.82) is 0 Å². The molecule has 33 heavy (non-hydrogen) atoms. The van der Waals surface area contributed by atoms with E-state index in [0.717, 1.165) is 45.3 Å². The average molecular weight is 474 g/mol. The molecule has 178 valence electrons. The van der Waals surface area contributed by atoms with Gasteiger partial charge >= 0.3 is 0 Å². The number of carbonyl (C=O) groups excluding carboxylic acids is 2. The highest BCUT2D eigenvalue weighted by Gasteiger charge is 2.21. The zero-order chi connectivity index (χ0) is 23.8. The van der Waals surface area contributed by atoms with Gasteiger partial charge in [-0.2, -0.15) is 0 Å². The molecule has 0 unspecified atom stereocenters. The van der Waals surface area contributed by atoms with Crippen LogP contribution in [0.5, 0.6) is 11.5 Å². The minimum atomic E-state index is -0.213. The molecule has 1 aliphatic heterocycles. The number of nitrogens with zero attached hydrogens (tertiary/aromatic N) is 1. The molecule has 0 bridgehead atoms. The number of unbranched alkanes of at least 4 members (excludes halogenated alkanes) is 1. The molecule has 2 aromatic rings. The number of phenols is 1. The molecular weight excluding hydrogens is 442 g/mol. The second-order valence-electron chi connectivity index (χ2n) is 8.50. The normalized spacial score (nSPS) is 14.7. The van der Waals surface area contributed by atoms with Gasteiger partial charge in [0.25, 0.3) is 5.91 Å². The Morgan fingerprint density at radius 2 is 1.88 bits per heavy atom. The van der Waals surface area contributed by atoms with Gasteiger partial charge in [0, 0.05) is 24.6 Å². The summed E-state index contributed by atoms with van der Waals surface area (Å²) in [6.07, 6.45) is 4.38. The quantitative estimate of drug-likeness (QED) is 0.272. The van der Waals surface area contributed by atoms with Crippen molar-refractivity contribution in [2.24, 2.45) is 5.92 Å². The number of Topliss-reactive ketones (excluding diaryl/α,β-unsaturated/α-hetero) is 1. The summed E-state index contributed by atoms with van der Waals surface area (Å²) in [5, 5.41) is 12.6. The summed E-state index contributed by atoms with van der Waals surface area (Å²) < 4.78 is 5.26. The van der Waals surface area contributed by atoms with Gasteiger partial charge < -0.3 is 25.8 Å². The number of likely N-dealkylation sites (tertiary alicyclic amines) is 1. The van der Waals surface area contributed by atoms with E-state index in [9.17, 15) is 14.7 Å². The van der Waals surface area contributed by atoms with E-state index in [-0.39, 0.29) is 17.4 Å². The largest absolute Gasteiger partial charge is 0.508 e. The first-order valence-electron chi connectivity index (χ1n) is 11.3. The topological polar surface area (TPSA) is 105 Å². The number of phenolic OH excluding ortho intramolecular Hbond substituents is 1. The maximum Gasteiger partial charge on any atom is 0.255 e. The van der Waals surface area contributed by atoms with Crippen molar-refractivity contribution in [1.82, 2.24) is 10.2 Å². The predicted molar refractivity (Wildman–Crippen MR) is 130 cm³/mol. The third-order valence-electron chi connectivity index (χ3n) is 6.14. The van der Waals surface area contributed by atoms with E-state index in [2.05, 4.69) is 10.2 Å². The number of ether oxygens (including phenoxy) is 1. The van der Waals surface area contributed by atoms with Gasteiger partial charge in [-0.3, -0.25) is 9.59 Å². The highest BCUT2D eigenvalue weighted by atomic mass is 35.5. The lowest BCUT2D eigenvalue weighted by atomic mass is 9.96. The lowest BCUT2D eigenvalue weighted by molar-refractivity contribution is 0.0929. The highest BCUT2D eigenvalue weighted by Crippen LogP contribution is 2.29. The molecule has 2 aromatic carbocycles. The summed E-state index contributed by atoms with van der Waals surface area (Å²) >= 11 is 6.06. The summed E-state index contributed by atoms with van der Waals surface area (Å²) in [6, 6.07) is 9.52. The maximum atomic E-state index is 12.6. The van der Waals surface area contributed by atoms with Crippen LogP contribution in [0.1, 0.15) is 52.8 Å². The van der Waals surface area contributed by atoms with Crippen molar-refractivity contribution in [2.45, 2.75) is 32.1 Å². The lowest BCUT2D eigenvalue weighted by Crippen LogP contribution is -2.39. The molecule has 7 nitrogen and oxygen atoms in total. The molecule has 1 fully saturated rings. The van der Waals surface area contributed by atoms with E-state index in [1.54, 1.807) is 36.4 Å². The Morgan fingerprint density at radius 3 is 2.55 bits per heavy atom. The monoisotopic (exact) mass is 473 g/mol. The van der Waals surface area contributed by atoms with Crippen LogP contribution in [0.15, 0.2) is 36.4 Å². The molecule has 1 aliphatic rings. The fourth-order valence-electron chi connectivity index (χ4n) is 4.07. The molecule has 3 rings (SSSR count). The van der Waals surface area contributed by atoms with Crippen LogP contribution in [0.2, 0.25) is 5.02 Å². The van der Waals surface area contributed by atoms with Crippen molar-refractivity contribution < 1.29 is 19.4 Å². The van der Waals surface area contributed by atoms with E-state index in [1.807, 2.05) is 0 Å². The minimum Gasteiger partial charge on any atom is -0.508 e. The molecule has 0 atom stereocenters. The number of hydrogen-bond acceptors (Lipinski definition) is 6. The fraction of sp³-hybridized carbons (Fsp3) is 0.440. The van der Waals surface area contributed by atoms with Crippen LogP contribution in [0.3, 0.4) is 0 Å². The molecule has 1 heterocycles. The van der Waals surface area contributed by atoms with Gasteiger partial charge in [0.1, 0.15) is 11.5 Å². The Kier molecular flexibility index (Phi) is 8.97. The Morgan fingerprint density at radius 1 is 1.18 bits per heavy atom. The van der Waals surface area contributed by atoms with Gasteiger partial charge in [-0.05, 0) is 81.6 Å². The average Bonchev–Trinajstić information content (AvgIpc) is 2.82. The van der Waals surface area contributed by atoms with Crippen LogP contribution in [-0.4, -0.2) is 55.0 Å². The van der Waals surface area contributed by atoms with Crippen molar-refractivity contribution in [3.63, 3.8) is 0 Å². The van der Waals surface area contributed by atoms with Crippen LogP contribution >= 0.6 is 11.6 Å². The molecule has 0 aromatic heterocycles. The summed E-state index contributed by atoms with van der Waals surface area (Å²) in [7, 11) is 1.50. The van der Waals surface area contributed by atoms with Crippen LogP contribution in [0.4, 0.5) is 5.69 Å². The second kappa shape index (κ2) is 11.9. The number of amides is 1. The van der Waals surface area contributed by atoms with Gasteiger partial charge in [0.2, 0.25) is 0 Å². The number of rotatable bonds is 10. The number of carbonyl (C=O) groups is 2. The van der Waals surface area contributed by atoms with Gasteiger partial charge in [0.05, 0.1) is 23.4 Å². The number of nitrogens with two attached hydrogens (primary N) is 1. The molecular formula is C25H32ClN3O4. The first-order chi connectivity index (χ1) is 15.9. The number of ketones is 1. The first kappa shape index (κ1) is 24.9. The van der Waals surface area contributed by atoms with E-state index in [0.29, 0.717) is 46.5 Å². The summed E-state index contributed by atoms with van der Waals surface area (Å²) in [5.41, 5.74) is 7.20. The molecule has 0 spiro atoms. The Labute approximate surface area is 199 Å².